The van der Waals surface area contributed by atoms with E-state index in [1.54, 1.807) is 0 Å². The minimum atomic E-state index is -0.801. The molecule has 0 aliphatic carbocycles. The minimum absolute atomic E-state index is 0.0891. The molecule has 0 radical (unpaired) electrons. The highest BCUT2D eigenvalue weighted by Gasteiger charge is 2.16. The Morgan fingerprint density at radius 3 is 1.27 bits per heavy atom. The molecule has 0 heterocycles. The Balaban J connectivity index is 3.60. The number of hydrogen-bond donors (Lipinski definition) is 1. The van der Waals surface area contributed by atoms with Gasteiger partial charge in [-0.2, -0.15) is 0 Å². The van der Waals surface area contributed by atoms with Gasteiger partial charge < -0.3 is 14.6 Å². The third-order valence-electron chi connectivity index (χ3n) is 9.28. The zero-order valence-electron chi connectivity index (χ0n) is 34.1. The molecular weight excluding hydrogens is 645 g/mol. The summed E-state index contributed by atoms with van der Waals surface area (Å²) >= 11 is 0. The lowest BCUT2D eigenvalue weighted by molar-refractivity contribution is -0.161. The first-order valence-electron chi connectivity index (χ1n) is 21.8. The normalized spacial score (nSPS) is 12.8. The van der Waals surface area contributed by atoms with Crippen molar-refractivity contribution in [2.45, 2.75) is 213 Å². The maximum Gasteiger partial charge on any atom is 0.306 e. The molecule has 0 aromatic rings. The summed E-state index contributed by atoms with van der Waals surface area (Å²) in [6.07, 6.45) is 55.8. The van der Waals surface area contributed by atoms with Crippen LogP contribution in [0.15, 0.2) is 60.8 Å². The van der Waals surface area contributed by atoms with Crippen molar-refractivity contribution in [1.82, 2.24) is 0 Å². The Kier molecular flexibility index (Phi) is 41.0. The molecule has 0 aromatic heterocycles. The van der Waals surface area contributed by atoms with Crippen LogP contribution in [-0.4, -0.2) is 36.4 Å². The predicted octanol–water partition coefficient (Wildman–Crippen LogP) is 14.0. The number of rotatable bonds is 39. The highest BCUT2D eigenvalue weighted by atomic mass is 16.6. The molecule has 0 aromatic carbocycles. The minimum Gasteiger partial charge on any atom is -0.462 e. The highest BCUT2D eigenvalue weighted by molar-refractivity contribution is 5.70. The first-order valence-corrected chi connectivity index (χ1v) is 21.8. The number of esters is 2. The van der Waals surface area contributed by atoms with E-state index in [1.165, 1.54) is 128 Å². The summed E-state index contributed by atoms with van der Waals surface area (Å²) in [4.78, 5) is 24.3. The molecule has 5 nitrogen and oxygen atoms in total. The van der Waals surface area contributed by atoms with Gasteiger partial charge in [-0.1, -0.05) is 177 Å². The summed E-state index contributed by atoms with van der Waals surface area (Å²) in [6, 6.07) is 0. The zero-order valence-corrected chi connectivity index (χ0v) is 34.1. The van der Waals surface area contributed by atoms with Crippen LogP contribution in [0.1, 0.15) is 206 Å². The number of carbonyl (C=O) groups excluding carboxylic acids is 2. The van der Waals surface area contributed by atoms with Gasteiger partial charge in [0.1, 0.15) is 6.61 Å². The SMILES string of the molecule is CCCCCC=CCC=CCC=CCC=CCCCC(=O)O[C@@H](CO)COC(=O)CCCCCCCCCCCCCC=CCCCCCCCC. The van der Waals surface area contributed by atoms with Crippen molar-refractivity contribution >= 4 is 11.9 Å². The Bertz CT molecular complexity index is 915. The smallest absolute Gasteiger partial charge is 0.306 e. The van der Waals surface area contributed by atoms with E-state index in [9.17, 15) is 14.7 Å². The van der Waals surface area contributed by atoms with Crippen LogP contribution in [0.4, 0.5) is 0 Å². The number of hydrogen-bond acceptors (Lipinski definition) is 5. The van der Waals surface area contributed by atoms with Crippen molar-refractivity contribution < 1.29 is 24.2 Å². The molecular formula is C47H82O5. The molecule has 0 rings (SSSR count). The van der Waals surface area contributed by atoms with Crippen molar-refractivity contribution in [2.75, 3.05) is 13.2 Å². The van der Waals surface area contributed by atoms with E-state index in [4.69, 9.17) is 9.47 Å². The van der Waals surface area contributed by atoms with Crippen LogP contribution in [0.25, 0.3) is 0 Å². The van der Waals surface area contributed by atoms with Gasteiger partial charge in [0.05, 0.1) is 6.61 Å². The van der Waals surface area contributed by atoms with Gasteiger partial charge in [0.15, 0.2) is 6.10 Å². The molecule has 0 fully saturated rings. The van der Waals surface area contributed by atoms with Crippen molar-refractivity contribution in [3.63, 3.8) is 0 Å². The van der Waals surface area contributed by atoms with E-state index < -0.39 is 6.10 Å². The fourth-order valence-electron chi connectivity index (χ4n) is 5.95. The molecule has 0 unspecified atom stereocenters. The van der Waals surface area contributed by atoms with Crippen LogP contribution in [0, 0.1) is 0 Å². The number of carbonyl (C=O) groups is 2. The number of aliphatic hydroxyl groups excluding tert-OH is 1. The third kappa shape index (κ3) is 40.4. The first-order chi connectivity index (χ1) is 25.6. The molecule has 52 heavy (non-hydrogen) atoms. The molecule has 0 spiro atoms. The topological polar surface area (TPSA) is 72.8 Å². The summed E-state index contributed by atoms with van der Waals surface area (Å²) in [5.41, 5.74) is 0. The molecule has 1 atom stereocenters. The average Bonchev–Trinajstić information content (AvgIpc) is 3.15. The molecule has 0 aliphatic heterocycles. The predicted molar refractivity (Wildman–Crippen MR) is 223 cm³/mol. The fraction of sp³-hybridized carbons (Fsp3) is 0.745. The largest absolute Gasteiger partial charge is 0.462 e. The van der Waals surface area contributed by atoms with Crippen molar-refractivity contribution in [3.8, 4) is 0 Å². The van der Waals surface area contributed by atoms with Gasteiger partial charge in [-0.15, -0.1) is 0 Å². The second-order valence-electron chi connectivity index (χ2n) is 14.4. The zero-order chi connectivity index (χ0) is 37.8. The Morgan fingerprint density at radius 1 is 0.442 bits per heavy atom. The lowest BCUT2D eigenvalue weighted by Crippen LogP contribution is -2.28. The second kappa shape index (κ2) is 43.0. The molecule has 300 valence electrons. The number of unbranched alkanes of at least 4 members (excludes halogenated alkanes) is 21. The van der Waals surface area contributed by atoms with Gasteiger partial charge in [0.2, 0.25) is 0 Å². The molecule has 0 saturated carbocycles. The standard InChI is InChI=1S/C47H82O5/c1-3-5-7-9-11-13-15-17-19-21-22-23-24-26-27-29-31-33-35-37-39-41-46(49)51-44-45(43-48)52-47(50)42-40-38-36-34-32-30-28-25-20-18-16-14-12-10-8-6-4-2/h12,14,17-20,28,30,34,36,45,48H,3-11,13,15-16,21-27,29,31-33,35,37-44H2,1-2H3/t45-/m0/s1. The Morgan fingerprint density at radius 2 is 0.788 bits per heavy atom. The monoisotopic (exact) mass is 727 g/mol. The van der Waals surface area contributed by atoms with E-state index in [0.717, 1.165) is 44.9 Å². The van der Waals surface area contributed by atoms with Crippen LogP contribution in [0.3, 0.4) is 0 Å². The maximum atomic E-state index is 12.2. The lowest BCUT2D eigenvalue weighted by Gasteiger charge is -2.15. The first kappa shape index (κ1) is 49.6. The summed E-state index contributed by atoms with van der Waals surface area (Å²) in [5.74, 6) is -0.656. The van der Waals surface area contributed by atoms with Crippen LogP contribution >= 0.6 is 0 Å². The van der Waals surface area contributed by atoms with Crippen LogP contribution in [0.5, 0.6) is 0 Å². The Labute approximate surface area is 321 Å². The fourth-order valence-corrected chi connectivity index (χ4v) is 5.95. The number of allylic oxidation sites excluding steroid dienone is 10. The van der Waals surface area contributed by atoms with E-state index in [-0.39, 0.29) is 31.6 Å². The van der Waals surface area contributed by atoms with Gasteiger partial charge >= 0.3 is 11.9 Å². The van der Waals surface area contributed by atoms with Crippen molar-refractivity contribution in [2.24, 2.45) is 0 Å². The van der Waals surface area contributed by atoms with Crippen LogP contribution in [-0.2, 0) is 19.1 Å². The third-order valence-corrected chi connectivity index (χ3v) is 9.28. The highest BCUT2D eigenvalue weighted by Crippen LogP contribution is 2.14. The van der Waals surface area contributed by atoms with Crippen molar-refractivity contribution in [1.29, 1.82) is 0 Å². The van der Waals surface area contributed by atoms with E-state index in [2.05, 4.69) is 74.6 Å². The van der Waals surface area contributed by atoms with Gasteiger partial charge in [0.25, 0.3) is 0 Å². The summed E-state index contributed by atoms with van der Waals surface area (Å²) < 4.78 is 10.6. The Hall–Kier alpha value is -2.40. The van der Waals surface area contributed by atoms with Gasteiger partial charge in [-0.25, -0.2) is 0 Å². The molecule has 1 N–H and O–H groups in total. The van der Waals surface area contributed by atoms with Crippen LogP contribution < -0.4 is 0 Å². The molecule has 0 aliphatic rings. The van der Waals surface area contributed by atoms with Gasteiger partial charge in [-0.3, -0.25) is 9.59 Å². The van der Waals surface area contributed by atoms with E-state index in [1.807, 2.05) is 0 Å². The summed E-state index contributed by atoms with van der Waals surface area (Å²) in [6.45, 7) is 4.06. The molecule has 0 amide bonds. The average molecular weight is 727 g/mol. The second-order valence-corrected chi connectivity index (χ2v) is 14.4. The van der Waals surface area contributed by atoms with Gasteiger partial charge in [-0.05, 0) is 77.0 Å². The van der Waals surface area contributed by atoms with E-state index in [0.29, 0.717) is 12.8 Å². The maximum absolute atomic E-state index is 12.2. The molecule has 5 heteroatoms. The molecule has 0 bridgehead atoms. The van der Waals surface area contributed by atoms with Crippen LogP contribution in [0.2, 0.25) is 0 Å². The number of aliphatic hydroxyl groups is 1. The summed E-state index contributed by atoms with van der Waals surface area (Å²) in [7, 11) is 0. The molecule has 0 saturated heterocycles. The van der Waals surface area contributed by atoms with E-state index >= 15 is 0 Å². The van der Waals surface area contributed by atoms with Crippen molar-refractivity contribution in [3.05, 3.63) is 60.8 Å². The lowest BCUT2D eigenvalue weighted by atomic mass is 10.0. The van der Waals surface area contributed by atoms with Gasteiger partial charge in [0, 0.05) is 12.8 Å². The quantitative estimate of drug-likeness (QED) is 0.0388. The summed E-state index contributed by atoms with van der Waals surface area (Å²) in [5, 5.41) is 9.57. The number of ether oxygens (including phenoxy) is 2.